The predicted octanol–water partition coefficient (Wildman–Crippen LogP) is 2.41. The Morgan fingerprint density at radius 2 is 2.06 bits per heavy atom. The molecule has 0 radical (unpaired) electrons. The van der Waals surface area contributed by atoms with Gasteiger partial charge in [0.05, 0.1) is 16.9 Å². The molecule has 0 fully saturated rings. The Kier molecular flexibility index (Phi) is 2.90. The number of benzene rings is 1. The third-order valence-corrected chi connectivity index (χ3v) is 2.46. The van der Waals surface area contributed by atoms with E-state index in [4.69, 9.17) is 0 Å². The van der Waals surface area contributed by atoms with Crippen molar-refractivity contribution >= 4 is 6.29 Å². The summed E-state index contributed by atoms with van der Waals surface area (Å²) in [5.74, 6) is 0. The van der Waals surface area contributed by atoms with E-state index in [-0.39, 0.29) is 11.4 Å². The summed E-state index contributed by atoms with van der Waals surface area (Å²) in [5, 5.41) is 7.21. The van der Waals surface area contributed by atoms with Crippen LogP contribution < -0.4 is 0 Å². The van der Waals surface area contributed by atoms with Crippen LogP contribution >= 0.6 is 0 Å². The number of halogens is 3. The van der Waals surface area contributed by atoms with Gasteiger partial charge in [0.2, 0.25) is 0 Å². The molecule has 2 rings (SSSR count). The molecule has 18 heavy (non-hydrogen) atoms. The van der Waals surface area contributed by atoms with Crippen molar-refractivity contribution in [2.45, 2.75) is 13.1 Å². The van der Waals surface area contributed by atoms with Gasteiger partial charge in [-0.3, -0.25) is 4.79 Å². The van der Waals surface area contributed by atoms with E-state index in [0.717, 1.165) is 12.1 Å². The third-order valence-electron chi connectivity index (χ3n) is 2.46. The van der Waals surface area contributed by atoms with Gasteiger partial charge in [0, 0.05) is 0 Å². The molecule has 1 aromatic carbocycles. The molecule has 0 saturated heterocycles. The van der Waals surface area contributed by atoms with Crippen LogP contribution in [-0.4, -0.2) is 21.3 Å². The molecule has 0 aliphatic rings. The van der Waals surface area contributed by atoms with Crippen LogP contribution in [0.5, 0.6) is 0 Å². The van der Waals surface area contributed by atoms with Crippen LogP contribution in [0.25, 0.3) is 5.69 Å². The average molecular weight is 255 g/mol. The third kappa shape index (κ3) is 2.11. The molecular weight excluding hydrogens is 247 g/mol. The van der Waals surface area contributed by atoms with E-state index < -0.39 is 11.7 Å². The molecule has 0 atom stereocenters. The van der Waals surface area contributed by atoms with E-state index >= 15 is 0 Å². The maximum absolute atomic E-state index is 12.6. The van der Waals surface area contributed by atoms with Gasteiger partial charge in [-0.15, -0.1) is 5.10 Å². The van der Waals surface area contributed by atoms with Crippen LogP contribution in [0.3, 0.4) is 0 Å². The molecule has 0 saturated carbocycles. The number of rotatable bonds is 2. The first kappa shape index (κ1) is 12.3. The van der Waals surface area contributed by atoms with Crippen LogP contribution in [0.1, 0.15) is 21.7 Å². The zero-order valence-electron chi connectivity index (χ0n) is 9.27. The summed E-state index contributed by atoms with van der Waals surface area (Å²) in [4.78, 5) is 10.6. The molecular formula is C11H8F3N3O. The lowest BCUT2D eigenvalue weighted by Gasteiger charge is -2.09. The fourth-order valence-electron chi connectivity index (χ4n) is 1.51. The Morgan fingerprint density at radius 3 is 2.61 bits per heavy atom. The summed E-state index contributed by atoms with van der Waals surface area (Å²) in [7, 11) is 0. The first-order valence-corrected chi connectivity index (χ1v) is 4.98. The number of hydrogen-bond donors (Lipinski definition) is 0. The molecule has 0 spiro atoms. The summed E-state index contributed by atoms with van der Waals surface area (Å²) in [6.45, 7) is 1.56. The van der Waals surface area contributed by atoms with Crippen LogP contribution in [0.15, 0.2) is 24.3 Å². The van der Waals surface area contributed by atoms with Gasteiger partial charge in [0.1, 0.15) is 5.69 Å². The lowest BCUT2D eigenvalue weighted by atomic mass is 10.2. The second-order valence-electron chi connectivity index (χ2n) is 3.64. The summed E-state index contributed by atoms with van der Waals surface area (Å²) >= 11 is 0. The van der Waals surface area contributed by atoms with Gasteiger partial charge in [-0.1, -0.05) is 11.3 Å². The van der Waals surface area contributed by atoms with Crippen LogP contribution in [0.4, 0.5) is 13.2 Å². The molecule has 94 valence electrons. The molecule has 0 N–H and O–H groups in total. The molecule has 2 aromatic rings. The standard InChI is InChI=1S/C11H8F3N3O/c1-7-10(6-18)15-16-17(7)9-4-2-3-8(5-9)11(12,13)14/h2-6H,1H3. The second kappa shape index (κ2) is 4.25. The van der Waals surface area contributed by atoms with Crippen molar-refractivity contribution in [1.82, 2.24) is 15.0 Å². The van der Waals surface area contributed by atoms with Crippen molar-refractivity contribution < 1.29 is 18.0 Å². The maximum atomic E-state index is 12.6. The SMILES string of the molecule is Cc1c(C=O)nnn1-c1cccc(C(F)(F)F)c1. The van der Waals surface area contributed by atoms with E-state index in [1.807, 2.05) is 0 Å². The second-order valence-corrected chi connectivity index (χ2v) is 3.64. The minimum absolute atomic E-state index is 0.104. The molecule has 0 amide bonds. The fraction of sp³-hybridized carbons (Fsp3) is 0.182. The molecule has 0 bridgehead atoms. The van der Waals surface area contributed by atoms with Gasteiger partial charge in [-0.2, -0.15) is 13.2 Å². The van der Waals surface area contributed by atoms with Gasteiger partial charge in [0.15, 0.2) is 6.29 Å². The van der Waals surface area contributed by atoms with Crippen molar-refractivity contribution in [1.29, 1.82) is 0 Å². The highest BCUT2D eigenvalue weighted by atomic mass is 19.4. The number of aldehydes is 1. The highest BCUT2D eigenvalue weighted by Gasteiger charge is 2.30. The minimum Gasteiger partial charge on any atom is -0.296 e. The number of carbonyl (C=O) groups excluding carboxylic acids is 1. The van der Waals surface area contributed by atoms with Crippen LogP contribution in [0.2, 0.25) is 0 Å². The normalized spacial score (nSPS) is 11.6. The molecule has 1 heterocycles. The summed E-state index contributed by atoms with van der Waals surface area (Å²) in [5.41, 5.74) is -0.0674. The Morgan fingerprint density at radius 1 is 1.33 bits per heavy atom. The van der Waals surface area contributed by atoms with E-state index in [9.17, 15) is 18.0 Å². The average Bonchev–Trinajstić information content (AvgIpc) is 2.69. The number of alkyl halides is 3. The molecule has 0 aliphatic heterocycles. The quantitative estimate of drug-likeness (QED) is 0.774. The lowest BCUT2D eigenvalue weighted by molar-refractivity contribution is -0.137. The monoisotopic (exact) mass is 255 g/mol. The van der Waals surface area contributed by atoms with Gasteiger partial charge < -0.3 is 0 Å². The van der Waals surface area contributed by atoms with Crippen LogP contribution in [-0.2, 0) is 6.18 Å². The van der Waals surface area contributed by atoms with Crippen molar-refractivity contribution in [3.63, 3.8) is 0 Å². The largest absolute Gasteiger partial charge is 0.416 e. The van der Waals surface area contributed by atoms with Crippen molar-refractivity contribution in [2.24, 2.45) is 0 Å². The van der Waals surface area contributed by atoms with Crippen molar-refractivity contribution in [3.05, 3.63) is 41.2 Å². The molecule has 4 nitrogen and oxygen atoms in total. The minimum atomic E-state index is -4.42. The highest BCUT2D eigenvalue weighted by molar-refractivity contribution is 5.73. The van der Waals surface area contributed by atoms with E-state index in [1.165, 1.54) is 16.8 Å². The van der Waals surface area contributed by atoms with Crippen molar-refractivity contribution in [3.8, 4) is 5.69 Å². The maximum Gasteiger partial charge on any atom is 0.416 e. The zero-order valence-corrected chi connectivity index (χ0v) is 9.27. The van der Waals surface area contributed by atoms with Gasteiger partial charge >= 0.3 is 6.18 Å². The molecule has 7 heteroatoms. The Bertz CT molecular complexity index is 589. The van der Waals surface area contributed by atoms with Gasteiger partial charge in [0.25, 0.3) is 0 Å². The Balaban J connectivity index is 2.51. The van der Waals surface area contributed by atoms with Gasteiger partial charge in [-0.05, 0) is 25.1 Å². The number of aromatic nitrogens is 3. The number of hydrogen-bond acceptors (Lipinski definition) is 3. The molecule has 0 aliphatic carbocycles. The van der Waals surface area contributed by atoms with E-state index in [0.29, 0.717) is 12.0 Å². The summed E-state index contributed by atoms with van der Waals surface area (Å²) in [6.07, 6.45) is -3.91. The fourth-order valence-corrected chi connectivity index (χ4v) is 1.51. The topological polar surface area (TPSA) is 47.8 Å². The predicted molar refractivity (Wildman–Crippen MR) is 56.5 cm³/mol. The van der Waals surface area contributed by atoms with Gasteiger partial charge in [-0.25, -0.2) is 4.68 Å². The van der Waals surface area contributed by atoms with E-state index in [2.05, 4.69) is 10.3 Å². The molecule has 1 aromatic heterocycles. The Labute approximate surface area is 100 Å². The first-order valence-electron chi connectivity index (χ1n) is 4.98. The molecule has 0 unspecified atom stereocenters. The van der Waals surface area contributed by atoms with Crippen LogP contribution in [0, 0.1) is 6.92 Å². The first-order chi connectivity index (χ1) is 8.43. The lowest BCUT2D eigenvalue weighted by Crippen LogP contribution is -2.07. The zero-order chi connectivity index (χ0) is 13.3. The Hall–Kier alpha value is -2.18. The van der Waals surface area contributed by atoms with Crippen molar-refractivity contribution in [2.75, 3.05) is 0 Å². The number of carbonyl (C=O) groups is 1. The number of nitrogens with zero attached hydrogens (tertiary/aromatic N) is 3. The van der Waals surface area contributed by atoms with E-state index in [1.54, 1.807) is 6.92 Å². The summed E-state index contributed by atoms with van der Waals surface area (Å²) < 4.78 is 38.9. The highest BCUT2D eigenvalue weighted by Crippen LogP contribution is 2.30. The summed E-state index contributed by atoms with van der Waals surface area (Å²) in [6, 6.07) is 4.66. The smallest absolute Gasteiger partial charge is 0.296 e.